The molecule has 35 heavy (non-hydrogen) atoms. The first-order chi connectivity index (χ1) is 17.0. The summed E-state index contributed by atoms with van der Waals surface area (Å²) in [4.78, 5) is 13.4. The molecule has 2 aromatic carbocycles. The van der Waals surface area contributed by atoms with Crippen molar-refractivity contribution >= 4 is 16.9 Å². The fourth-order valence-electron chi connectivity index (χ4n) is 4.47. The van der Waals surface area contributed by atoms with Crippen molar-refractivity contribution < 1.29 is 0 Å². The Kier molecular flexibility index (Phi) is 5.87. The molecule has 7 heteroatoms. The zero-order chi connectivity index (χ0) is 24.5. The lowest BCUT2D eigenvalue weighted by Gasteiger charge is -2.11. The van der Waals surface area contributed by atoms with E-state index in [1.807, 2.05) is 38.2 Å². The van der Waals surface area contributed by atoms with E-state index in [4.69, 9.17) is 16.5 Å². The van der Waals surface area contributed by atoms with E-state index in [1.165, 1.54) is 0 Å². The van der Waals surface area contributed by atoms with Gasteiger partial charge in [0.2, 0.25) is 0 Å². The molecule has 0 bridgehead atoms. The molecule has 0 amide bonds. The maximum absolute atomic E-state index is 7.65. The average Bonchev–Trinajstić information content (AvgIpc) is 3.49. The predicted molar refractivity (Wildman–Crippen MR) is 138 cm³/mol. The lowest BCUT2D eigenvalue weighted by Crippen LogP contribution is -2.05. The van der Waals surface area contributed by atoms with E-state index in [0.29, 0.717) is 12.2 Å². The average molecular weight is 462 g/mol. The van der Waals surface area contributed by atoms with Crippen molar-refractivity contribution in [2.45, 2.75) is 47.2 Å². The first-order valence-corrected chi connectivity index (χ1v) is 11.8. The highest BCUT2D eigenvalue weighted by atomic mass is 15.4. The predicted octanol–water partition coefficient (Wildman–Crippen LogP) is 6.16. The summed E-state index contributed by atoms with van der Waals surface area (Å²) >= 11 is 0. The van der Waals surface area contributed by atoms with Gasteiger partial charge in [-0.1, -0.05) is 54.6 Å². The van der Waals surface area contributed by atoms with Crippen LogP contribution in [0.1, 0.15) is 36.5 Å². The molecule has 0 spiro atoms. The molecule has 0 saturated carbocycles. The normalized spacial score (nSPS) is 11.2. The van der Waals surface area contributed by atoms with Crippen LogP contribution in [0.5, 0.6) is 0 Å². The number of aryl methyl sites for hydroxylation is 4. The van der Waals surface area contributed by atoms with Crippen LogP contribution in [-0.4, -0.2) is 29.5 Å². The molecule has 0 fully saturated rings. The van der Waals surface area contributed by atoms with E-state index in [-0.39, 0.29) is 0 Å². The van der Waals surface area contributed by atoms with Gasteiger partial charge in [-0.3, -0.25) is 4.68 Å². The molecular formula is C28H27N7. The molecule has 0 unspecified atom stereocenters. The van der Waals surface area contributed by atoms with Crippen LogP contribution in [0.3, 0.4) is 0 Å². The van der Waals surface area contributed by atoms with Gasteiger partial charge in [-0.15, -0.1) is 5.10 Å². The van der Waals surface area contributed by atoms with E-state index >= 15 is 0 Å². The van der Waals surface area contributed by atoms with Crippen molar-refractivity contribution in [1.29, 1.82) is 0 Å². The van der Waals surface area contributed by atoms with Crippen molar-refractivity contribution in [3.8, 4) is 22.4 Å². The molecule has 5 rings (SSSR count). The van der Waals surface area contributed by atoms with Crippen LogP contribution < -0.4 is 0 Å². The summed E-state index contributed by atoms with van der Waals surface area (Å²) in [6.07, 6.45) is 2.77. The maximum atomic E-state index is 7.65. The van der Waals surface area contributed by atoms with E-state index in [0.717, 1.165) is 69.2 Å². The molecule has 0 saturated heterocycles. The van der Waals surface area contributed by atoms with Gasteiger partial charge in [-0.2, -0.15) is 0 Å². The van der Waals surface area contributed by atoms with Gasteiger partial charge < -0.3 is 4.57 Å². The number of nitrogens with zero attached hydrogens (tertiary/aromatic N) is 7. The molecule has 0 N–H and O–H groups in total. The molecular weight excluding hydrogens is 434 g/mol. The highest BCUT2D eigenvalue weighted by Crippen LogP contribution is 2.34. The number of fused-ring (bicyclic) bond motifs is 1. The number of imidazole rings is 1. The third kappa shape index (κ3) is 4.19. The zero-order valence-corrected chi connectivity index (χ0v) is 20.4. The van der Waals surface area contributed by atoms with E-state index in [2.05, 4.69) is 63.9 Å². The Morgan fingerprint density at radius 2 is 1.71 bits per heavy atom. The molecule has 0 atom stereocenters. The fourth-order valence-corrected chi connectivity index (χ4v) is 4.47. The van der Waals surface area contributed by atoms with Crippen LogP contribution in [0, 0.1) is 20.4 Å². The molecule has 0 aliphatic rings. The zero-order valence-electron chi connectivity index (χ0n) is 20.4. The second-order valence-electron chi connectivity index (χ2n) is 8.72. The van der Waals surface area contributed by atoms with Crippen LogP contribution >= 0.6 is 0 Å². The minimum absolute atomic E-state index is 0.619. The summed E-state index contributed by atoms with van der Waals surface area (Å²) in [6, 6.07) is 16.3. The van der Waals surface area contributed by atoms with E-state index in [1.54, 1.807) is 4.68 Å². The van der Waals surface area contributed by atoms with Crippen LogP contribution in [0.2, 0.25) is 0 Å². The third-order valence-electron chi connectivity index (χ3n) is 6.30. The largest absolute Gasteiger partial charge is 0.308 e. The van der Waals surface area contributed by atoms with E-state index < -0.39 is 0 Å². The van der Waals surface area contributed by atoms with Gasteiger partial charge in [-0.25, -0.2) is 14.8 Å². The van der Waals surface area contributed by atoms with Gasteiger partial charge in [0, 0.05) is 24.2 Å². The van der Waals surface area contributed by atoms with E-state index in [9.17, 15) is 0 Å². The fraction of sp³-hybridized carbons (Fsp3) is 0.250. The molecule has 0 radical (unpaired) electrons. The number of rotatable bonds is 6. The molecule has 3 heterocycles. The molecule has 7 nitrogen and oxygen atoms in total. The Bertz CT molecular complexity index is 1570. The van der Waals surface area contributed by atoms with Crippen molar-refractivity contribution in [3.63, 3.8) is 0 Å². The number of benzene rings is 2. The van der Waals surface area contributed by atoms with Crippen LogP contribution in [0.25, 0.3) is 38.4 Å². The summed E-state index contributed by atoms with van der Waals surface area (Å²) in [6.45, 7) is 17.4. The third-order valence-corrected chi connectivity index (χ3v) is 6.30. The molecule has 5 aromatic rings. The first-order valence-electron chi connectivity index (χ1n) is 11.8. The molecule has 0 aliphatic heterocycles. The van der Waals surface area contributed by atoms with Crippen molar-refractivity contribution in [2.24, 2.45) is 0 Å². The summed E-state index contributed by atoms with van der Waals surface area (Å²) in [5.41, 5.74) is 9.49. The van der Waals surface area contributed by atoms with Crippen molar-refractivity contribution in [3.05, 3.63) is 88.8 Å². The Morgan fingerprint density at radius 3 is 2.40 bits per heavy atom. The summed E-state index contributed by atoms with van der Waals surface area (Å²) < 4.78 is 4.02. The van der Waals surface area contributed by atoms with Gasteiger partial charge in [-0.05, 0) is 49.1 Å². The lowest BCUT2D eigenvalue weighted by atomic mass is 9.99. The Labute approximate surface area is 204 Å². The van der Waals surface area contributed by atoms with Gasteiger partial charge >= 0.3 is 0 Å². The molecule has 0 aliphatic carbocycles. The first kappa shape index (κ1) is 22.5. The number of aromatic nitrogens is 6. The second-order valence-corrected chi connectivity index (χ2v) is 8.72. The Morgan fingerprint density at radius 1 is 0.943 bits per heavy atom. The summed E-state index contributed by atoms with van der Waals surface area (Å²) in [5, 5.41) is 8.42. The minimum Gasteiger partial charge on any atom is -0.308 e. The minimum atomic E-state index is 0.619. The number of hydrogen-bond acceptors (Lipinski definition) is 4. The monoisotopic (exact) mass is 461 g/mol. The highest BCUT2D eigenvalue weighted by Gasteiger charge is 2.15. The Hall–Kier alpha value is -4.31. The standard InChI is InChI=1S/C28H27N7/c1-6-26-31-27-18(3)14-19(4)30-28(27)35(26)16-20-8-10-21(11-9-20)23-15-22(12-13-24(23)29-5)25-17-34(7-2)33-32-25/h8-15,17H,6-7,16H2,1-4H3. The summed E-state index contributed by atoms with van der Waals surface area (Å²) in [7, 11) is 0. The van der Waals surface area contributed by atoms with Crippen LogP contribution in [0.15, 0.2) is 54.7 Å². The van der Waals surface area contributed by atoms with Gasteiger partial charge in [0.1, 0.15) is 17.0 Å². The maximum Gasteiger partial charge on any atom is 0.194 e. The number of pyridine rings is 1. The second kappa shape index (κ2) is 9.15. The van der Waals surface area contributed by atoms with Crippen molar-refractivity contribution in [2.75, 3.05) is 0 Å². The smallest absolute Gasteiger partial charge is 0.194 e. The van der Waals surface area contributed by atoms with Gasteiger partial charge in [0.25, 0.3) is 0 Å². The lowest BCUT2D eigenvalue weighted by molar-refractivity contribution is 0.627. The highest BCUT2D eigenvalue weighted by molar-refractivity contribution is 5.83. The van der Waals surface area contributed by atoms with Gasteiger partial charge in [0.05, 0.1) is 19.3 Å². The quantitative estimate of drug-likeness (QED) is 0.284. The Balaban J connectivity index is 1.49. The number of hydrogen-bond donors (Lipinski definition) is 0. The topological polar surface area (TPSA) is 65.8 Å². The van der Waals surface area contributed by atoms with Crippen LogP contribution in [-0.2, 0) is 19.5 Å². The summed E-state index contributed by atoms with van der Waals surface area (Å²) in [5.74, 6) is 1.04. The van der Waals surface area contributed by atoms with Crippen molar-refractivity contribution in [1.82, 2.24) is 29.5 Å². The van der Waals surface area contributed by atoms with Gasteiger partial charge in [0.15, 0.2) is 11.3 Å². The molecule has 3 aromatic heterocycles. The molecule has 174 valence electrons. The van der Waals surface area contributed by atoms with Crippen LogP contribution in [0.4, 0.5) is 5.69 Å². The SMILES string of the molecule is [C-]#[N+]c1ccc(-c2cn(CC)nn2)cc1-c1ccc(Cn2c(CC)nc3c(C)cc(C)nc32)cc1.